The molecule has 0 spiro atoms. The summed E-state index contributed by atoms with van der Waals surface area (Å²) >= 11 is 0. The minimum atomic E-state index is -0.357. The molecule has 0 aromatic carbocycles. The Morgan fingerprint density at radius 1 is 1.55 bits per heavy atom. The zero-order valence-electron chi connectivity index (χ0n) is 6.42. The predicted molar refractivity (Wildman–Crippen MR) is 39.0 cm³/mol. The van der Waals surface area contributed by atoms with Gasteiger partial charge in [0.05, 0.1) is 7.11 Å². The highest BCUT2D eigenvalue weighted by Crippen LogP contribution is 2.24. The molecule has 0 amide bonds. The lowest BCUT2D eigenvalue weighted by molar-refractivity contribution is -0.136. The average molecular weight is 154 g/mol. The first-order chi connectivity index (χ1) is 5.29. The first-order valence-corrected chi connectivity index (χ1v) is 3.55. The van der Waals surface area contributed by atoms with Crippen LogP contribution in [0.15, 0.2) is 11.1 Å². The fourth-order valence-electron chi connectivity index (χ4n) is 1.25. The number of aldehydes is 1. The van der Waals surface area contributed by atoms with Gasteiger partial charge in [-0.3, -0.25) is 4.79 Å². The number of carbonyl (C=O) groups is 2. The second-order valence-electron chi connectivity index (χ2n) is 2.47. The van der Waals surface area contributed by atoms with Gasteiger partial charge in [0.25, 0.3) is 0 Å². The maximum Gasteiger partial charge on any atom is 0.334 e. The molecule has 0 N–H and O–H groups in total. The number of hydrogen-bond acceptors (Lipinski definition) is 3. The SMILES string of the molecule is COC(=O)C1=C(C=O)CCC1. The van der Waals surface area contributed by atoms with Crippen molar-refractivity contribution < 1.29 is 14.3 Å². The van der Waals surface area contributed by atoms with E-state index in [1.165, 1.54) is 7.11 Å². The van der Waals surface area contributed by atoms with Crippen LogP contribution >= 0.6 is 0 Å². The Bertz CT molecular complexity index is 215. The minimum Gasteiger partial charge on any atom is -0.466 e. The fourth-order valence-corrected chi connectivity index (χ4v) is 1.25. The van der Waals surface area contributed by atoms with Crippen LogP contribution in [0.5, 0.6) is 0 Å². The van der Waals surface area contributed by atoms with Crippen LogP contribution in [0, 0.1) is 0 Å². The normalized spacial score (nSPS) is 16.8. The van der Waals surface area contributed by atoms with Crippen molar-refractivity contribution in [1.82, 2.24) is 0 Å². The van der Waals surface area contributed by atoms with Gasteiger partial charge in [-0.05, 0) is 19.3 Å². The van der Waals surface area contributed by atoms with E-state index in [1.54, 1.807) is 0 Å². The number of esters is 1. The molecule has 0 bridgehead atoms. The summed E-state index contributed by atoms with van der Waals surface area (Å²) in [4.78, 5) is 21.3. The molecule has 0 aromatic heterocycles. The van der Waals surface area contributed by atoms with Gasteiger partial charge in [-0.25, -0.2) is 4.79 Å². The van der Waals surface area contributed by atoms with Crippen LogP contribution in [0.25, 0.3) is 0 Å². The van der Waals surface area contributed by atoms with Gasteiger partial charge in [-0.1, -0.05) is 0 Å². The van der Waals surface area contributed by atoms with Gasteiger partial charge in [-0.2, -0.15) is 0 Å². The molecule has 1 aliphatic rings. The Hall–Kier alpha value is -1.12. The van der Waals surface area contributed by atoms with Crippen LogP contribution in [0.3, 0.4) is 0 Å². The second-order valence-corrected chi connectivity index (χ2v) is 2.47. The van der Waals surface area contributed by atoms with Gasteiger partial charge in [0.2, 0.25) is 0 Å². The van der Waals surface area contributed by atoms with Crippen molar-refractivity contribution in [1.29, 1.82) is 0 Å². The van der Waals surface area contributed by atoms with Crippen molar-refractivity contribution in [3.63, 3.8) is 0 Å². The molecule has 1 aliphatic carbocycles. The van der Waals surface area contributed by atoms with E-state index in [1.807, 2.05) is 0 Å². The van der Waals surface area contributed by atoms with Crippen LogP contribution < -0.4 is 0 Å². The molecular formula is C8H10O3. The maximum atomic E-state index is 10.9. The molecule has 0 heterocycles. The number of rotatable bonds is 2. The van der Waals surface area contributed by atoms with E-state index in [9.17, 15) is 9.59 Å². The lowest BCUT2D eigenvalue weighted by atomic mass is 10.2. The van der Waals surface area contributed by atoms with Crippen molar-refractivity contribution in [2.75, 3.05) is 7.11 Å². The Morgan fingerprint density at radius 2 is 2.27 bits per heavy atom. The van der Waals surface area contributed by atoms with Crippen molar-refractivity contribution in [2.24, 2.45) is 0 Å². The van der Waals surface area contributed by atoms with E-state index in [4.69, 9.17) is 0 Å². The van der Waals surface area contributed by atoms with Crippen molar-refractivity contribution >= 4 is 12.3 Å². The zero-order chi connectivity index (χ0) is 8.27. The van der Waals surface area contributed by atoms with Gasteiger partial charge in [0.15, 0.2) is 0 Å². The largest absolute Gasteiger partial charge is 0.466 e. The van der Waals surface area contributed by atoms with Crippen LogP contribution in [-0.4, -0.2) is 19.4 Å². The number of hydrogen-bond donors (Lipinski definition) is 0. The Kier molecular flexibility index (Phi) is 2.41. The molecule has 0 saturated heterocycles. The van der Waals surface area contributed by atoms with Crippen molar-refractivity contribution in [2.45, 2.75) is 19.3 Å². The fraction of sp³-hybridized carbons (Fsp3) is 0.500. The van der Waals surface area contributed by atoms with E-state index in [0.717, 1.165) is 12.7 Å². The highest BCUT2D eigenvalue weighted by Gasteiger charge is 2.20. The third-order valence-electron chi connectivity index (χ3n) is 1.83. The first-order valence-electron chi connectivity index (χ1n) is 3.55. The molecule has 0 saturated carbocycles. The molecule has 3 heteroatoms. The highest BCUT2D eigenvalue weighted by atomic mass is 16.5. The second kappa shape index (κ2) is 3.32. The molecule has 3 nitrogen and oxygen atoms in total. The van der Waals surface area contributed by atoms with Crippen LogP contribution in [0.4, 0.5) is 0 Å². The smallest absolute Gasteiger partial charge is 0.334 e. The van der Waals surface area contributed by atoms with Gasteiger partial charge in [0.1, 0.15) is 6.29 Å². The van der Waals surface area contributed by atoms with E-state index in [2.05, 4.69) is 4.74 Å². The summed E-state index contributed by atoms with van der Waals surface area (Å²) in [6.07, 6.45) is 3.03. The molecule has 0 radical (unpaired) electrons. The number of allylic oxidation sites excluding steroid dienone is 1. The van der Waals surface area contributed by atoms with Crippen molar-refractivity contribution in [3.05, 3.63) is 11.1 Å². The lowest BCUT2D eigenvalue weighted by Gasteiger charge is -1.98. The summed E-state index contributed by atoms with van der Waals surface area (Å²) in [5.41, 5.74) is 1.17. The van der Waals surface area contributed by atoms with Gasteiger partial charge in [-0.15, -0.1) is 0 Å². The Labute approximate surface area is 65.0 Å². The number of methoxy groups -OCH3 is 1. The van der Waals surface area contributed by atoms with E-state index in [0.29, 0.717) is 24.0 Å². The Balaban J connectivity index is 2.82. The van der Waals surface area contributed by atoms with Gasteiger partial charge in [0, 0.05) is 11.1 Å². The number of carbonyl (C=O) groups excluding carboxylic acids is 2. The summed E-state index contributed by atoms with van der Waals surface area (Å²) in [5, 5.41) is 0. The summed E-state index contributed by atoms with van der Waals surface area (Å²) in [5.74, 6) is -0.357. The van der Waals surface area contributed by atoms with Gasteiger partial charge < -0.3 is 4.74 Å². The third kappa shape index (κ3) is 1.48. The molecule has 0 unspecified atom stereocenters. The van der Waals surface area contributed by atoms with Crippen LogP contribution in [-0.2, 0) is 14.3 Å². The average Bonchev–Trinajstić information content (AvgIpc) is 2.50. The molecule has 0 fully saturated rings. The van der Waals surface area contributed by atoms with Crippen LogP contribution in [0.2, 0.25) is 0 Å². The summed E-state index contributed by atoms with van der Waals surface area (Å²) < 4.78 is 4.51. The van der Waals surface area contributed by atoms with E-state index >= 15 is 0 Å². The molecule has 0 atom stereocenters. The zero-order valence-corrected chi connectivity index (χ0v) is 6.42. The molecule has 0 aromatic rings. The molecule has 60 valence electrons. The summed E-state index contributed by atoms with van der Waals surface area (Å²) in [6.45, 7) is 0. The summed E-state index contributed by atoms with van der Waals surface area (Å²) in [7, 11) is 1.33. The van der Waals surface area contributed by atoms with Crippen LogP contribution in [0.1, 0.15) is 19.3 Å². The molecule has 1 rings (SSSR count). The monoisotopic (exact) mass is 154 g/mol. The predicted octanol–water partition coefficient (Wildman–Crippen LogP) is 0.839. The number of ether oxygens (including phenoxy) is 1. The highest BCUT2D eigenvalue weighted by molar-refractivity contribution is 5.96. The quantitative estimate of drug-likeness (QED) is 0.437. The van der Waals surface area contributed by atoms with Gasteiger partial charge >= 0.3 is 5.97 Å². The lowest BCUT2D eigenvalue weighted by Crippen LogP contribution is -2.04. The topological polar surface area (TPSA) is 43.4 Å². The van der Waals surface area contributed by atoms with Crippen molar-refractivity contribution in [3.8, 4) is 0 Å². The summed E-state index contributed by atoms with van der Waals surface area (Å²) in [6, 6.07) is 0. The Morgan fingerprint density at radius 3 is 2.82 bits per heavy atom. The first kappa shape index (κ1) is 7.98. The third-order valence-corrected chi connectivity index (χ3v) is 1.83. The van der Waals surface area contributed by atoms with E-state index < -0.39 is 0 Å². The standard InChI is InChI=1S/C8H10O3/c1-11-8(10)7-4-2-3-6(7)5-9/h5H,2-4H2,1H3. The molecule has 0 aliphatic heterocycles. The molecular weight excluding hydrogens is 144 g/mol. The minimum absolute atomic E-state index is 0.357. The molecule has 11 heavy (non-hydrogen) atoms. The maximum absolute atomic E-state index is 10.9. The van der Waals surface area contributed by atoms with E-state index in [-0.39, 0.29) is 5.97 Å².